The maximum atomic E-state index is 11.1. The lowest BCUT2D eigenvalue weighted by Gasteiger charge is -2.14. The second-order valence-electron chi connectivity index (χ2n) is 9.00. The number of likely N-dealkylation sites (N-methyl/N-ethyl adjacent to an activating group) is 8. The highest BCUT2D eigenvalue weighted by Gasteiger charge is 2.31. The Morgan fingerprint density at radius 1 is 0.475 bits per heavy atom. The first-order valence-corrected chi connectivity index (χ1v) is 14.5. The zero-order chi connectivity index (χ0) is 30.9. The van der Waals surface area contributed by atoms with Crippen LogP contribution in [0.1, 0.15) is 27.7 Å². The van der Waals surface area contributed by atoms with Crippen molar-refractivity contribution in [3.05, 3.63) is 0 Å². The molecule has 4 aliphatic heterocycles. The second-order valence-corrected chi connectivity index (χ2v) is 10.7. The fourth-order valence-corrected chi connectivity index (χ4v) is 4.74. The lowest BCUT2D eigenvalue weighted by Crippen LogP contribution is -2.29. The van der Waals surface area contributed by atoms with Crippen LogP contribution < -0.4 is 0 Å². The van der Waals surface area contributed by atoms with Gasteiger partial charge in [-0.25, -0.2) is 9.59 Å². The maximum Gasteiger partial charge on any atom is 0.326 e. The lowest BCUT2D eigenvalue weighted by molar-refractivity contribution is -0.125. The first-order chi connectivity index (χ1) is 18.7. The van der Waals surface area contributed by atoms with Gasteiger partial charge in [0.25, 0.3) is 0 Å². The summed E-state index contributed by atoms with van der Waals surface area (Å²) < 4.78 is 0. The summed E-state index contributed by atoms with van der Waals surface area (Å²) in [6.07, 6.45) is 0. The molecule has 0 aliphatic carbocycles. The minimum atomic E-state index is -0.187. The van der Waals surface area contributed by atoms with Crippen LogP contribution in [0.3, 0.4) is 0 Å². The molecule has 224 valence electrons. The molecule has 12 nitrogen and oxygen atoms in total. The van der Waals surface area contributed by atoms with E-state index in [0.29, 0.717) is 29.7 Å². The molecule has 0 bridgehead atoms. The van der Waals surface area contributed by atoms with Crippen molar-refractivity contribution in [1.82, 2.24) is 39.2 Å². The maximum absolute atomic E-state index is 11.1. The lowest BCUT2D eigenvalue weighted by atomic mass is 10.5. The van der Waals surface area contributed by atoms with Gasteiger partial charge < -0.3 is 24.5 Å². The summed E-state index contributed by atoms with van der Waals surface area (Å²) in [6, 6.07) is -0.167. The molecule has 4 fully saturated rings. The van der Waals surface area contributed by atoms with Crippen LogP contribution >= 0.6 is 48.9 Å². The number of carbonyl (C=O) groups is 4. The number of hydrogen-bond donors (Lipinski definition) is 0. The average Bonchev–Trinajstić information content (AvgIpc) is 3.55. The molecule has 6 amide bonds. The zero-order valence-corrected chi connectivity index (χ0v) is 27.8. The number of amides is 6. The van der Waals surface area contributed by atoms with Crippen LogP contribution in [0.15, 0.2) is 0 Å². The molecule has 0 saturated carbocycles. The van der Waals surface area contributed by atoms with Crippen LogP contribution in [-0.2, 0) is 9.59 Å². The van der Waals surface area contributed by atoms with E-state index in [1.807, 2.05) is 37.6 Å². The topological polar surface area (TPSA) is 94.2 Å². The van der Waals surface area contributed by atoms with E-state index < -0.39 is 0 Å². The monoisotopic (exact) mass is 632 g/mol. The fourth-order valence-electron chi connectivity index (χ4n) is 3.61. The molecule has 4 rings (SSSR count). The van der Waals surface area contributed by atoms with E-state index >= 15 is 0 Å². The smallest absolute Gasteiger partial charge is 0.326 e. The fraction of sp³-hybridized carbons (Fsp3) is 0.667. The Bertz CT molecular complexity index is 882. The molecule has 4 saturated heterocycles. The largest absolute Gasteiger partial charge is 0.342 e. The number of carbonyl (C=O) groups excluding carboxylic acids is 4. The van der Waals surface area contributed by atoms with Gasteiger partial charge in [0, 0.05) is 54.4 Å². The Labute approximate surface area is 258 Å². The Morgan fingerprint density at radius 2 is 0.800 bits per heavy atom. The van der Waals surface area contributed by atoms with Crippen LogP contribution in [0.2, 0.25) is 0 Å². The van der Waals surface area contributed by atoms with Gasteiger partial charge in [-0.15, -0.1) is 0 Å². The molecule has 4 aliphatic rings. The van der Waals surface area contributed by atoms with Crippen molar-refractivity contribution in [3.8, 4) is 0 Å². The van der Waals surface area contributed by atoms with Gasteiger partial charge in [0.15, 0.2) is 10.2 Å². The Balaban J connectivity index is 0.000000267. The predicted octanol–water partition coefficient (Wildman–Crippen LogP) is 1.53. The number of urea groups is 2. The van der Waals surface area contributed by atoms with Crippen LogP contribution in [0, 0.1) is 0 Å². The van der Waals surface area contributed by atoms with Gasteiger partial charge in [-0.2, -0.15) is 0 Å². The molecule has 0 N–H and O–H groups in total. The number of imide groups is 1. The molecule has 4 heterocycles. The Hall–Kier alpha value is -2.56. The van der Waals surface area contributed by atoms with Crippen molar-refractivity contribution < 1.29 is 19.2 Å². The number of hydrogen-bond acceptors (Lipinski definition) is 8. The molecular formula is C24H40N8O4S4. The zero-order valence-electron chi connectivity index (χ0n) is 24.5. The average molecular weight is 633 g/mol. The third-order valence-electron chi connectivity index (χ3n) is 6.56. The predicted molar refractivity (Wildman–Crippen MR) is 171 cm³/mol. The van der Waals surface area contributed by atoms with E-state index in [1.54, 1.807) is 19.0 Å². The van der Waals surface area contributed by atoms with E-state index in [4.69, 9.17) is 48.9 Å². The summed E-state index contributed by atoms with van der Waals surface area (Å²) in [6.45, 7) is 13.1. The van der Waals surface area contributed by atoms with Crippen molar-refractivity contribution >= 4 is 92.9 Å². The van der Waals surface area contributed by atoms with Crippen molar-refractivity contribution in [2.45, 2.75) is 27.7 Å². The standard InChI is InChI=1S/C6H10N2O2.2C6H10N2OS.C6H10N2S2/c1-3-8-4-5(9)7(2)6(8)10;1-3-8-4-5(10)7(2)6(8)9;2*1-3-8-4-5(9)7(2)6(8)10/h4*3-4H2,1-2H3. The first-order valence-electron chi connectivity index (χ1n) is 12.9. The molecule has 0 aromatic rings. The highest BCUT2D eigenvalue weighted by molar-refractivity contribution is 7.82. The van der Waals surface area contributed by atoms with Crippen LogP contribution in [-0.4, -0.2) is 164 Å². The first kappa shape index (κ1) is 35.5. The molecule has 0 spiro atoms. The summed E-state index contributed by atoms with van der Waals surface area (Å²) in [5, 5.41) is 1.50. The molecule has 0 atom stereocenters. The molecule has 40 heavy (non-hydrogen) atoms. The van der Waals surface area contributed by atoms with Gasteiger partial charge in [-0.1, -0.05) is 24.4 Å². The number of nitrogens with zero attached hydrogens (tertiary/aromatic N) is 8. The van der Waals surface area contributed by atoms with E-state index in [0.717, 1.165) is 41.2 Å². The second kappa shape index (κ2) is 16.0. The summed E-state index contributed by atoms with van der Waals surface area (Å²) in [5.41, 5.74) is 0. The summed E-state index contributed by atoms with van der Waals surface area (Å²) in [5.74, 6) is -0.0290. The third kappa shape index (κ3) is 8.72. The Morgan fingerprint density at radius 3 is 1.00 bits per heavy atom. The Kier molecular flexibility index (Phi) is 14.2. The van der Waals surface area contributed by atoms with Crippen LogP contribution in [0.25, 0.3) is 0 Å². The quantitative estimate of drug-likeness (QED) is 0.334. The number of rotatable bonds is 4. The minimum absolute atomic E-state index is 0.0208. The molecule has 0 radical (unpaired) electrons. The SMILES string of the molecule is CCN1CC(=O)N(C)C1=O.CCN1CC(=O)N(C)C1=S.CCN1CC(=S)N(C)C1=O.CCN1CC(=S)N(C)C1=S. The molecule has 0 aromatic carbocycles. The van der Waals surface area contributed by atoms with Crippen LogP contribution in [0.4, 0.5) is 9.59 Å². The van der Waals surface area contributed by atoms with E-state index in [2.05, 4.69) is 11.8 Å². The van der Waals surface area contributed by atoms with E-state index in [1.165, 1.54) is 21.7 Å². The third-order valence-corrected chi connectivity index (χ3v) is 8.43. The van der Waals surface area contributed by atoms with Gasteiger partial charge in [0.2, 0.25) is 11.8 Å². The molecular weight excluding hydrogens is 593 g/mol. The normalized spacial score (nSPS) is 19.0. The highest BCUT2D eigenvalue weighted by atomic mass is 32.1. The van der Waals surface area contributed by atoms with Gasteiger partial charge in [-0.05, 0) is 52.1 Å². The van der Waals surface area contributed by atoms with E-state index in [9.17, 15) is 19.2 Å². The minimum Gasteiger partial charge on any atom is -0.342 e. The summed E-state index contributed by atoms with van der Waals surface area (Å²) >= 11 is 20.1. The van der Waals surface area contributed by atoms with Crippen molar-refractivity contribution in [2.75, 3.05) is 80.5 Å². The van der Waals surface area contributed by atoms with Crippen molar-refractivity contribution in [3.63, 3.8) is 0 Å². The van der Waals surface area contributed by atoms with Gasteiger partial charge in [-0.3, -0.25) is 24.3 Å². The molecule has 16 heteroatoms. The van der Waals surface area contributed by atoms with E-state index in [-0.39, 0.29) is 30.4 Å². The van der Waals surface area contributed by atoms with Crippen LogP contribution in [0.5, 0.6) is 0 Å². The highest BCUT2D eigenvalue weighted by Crippen LogP contribution is 2.09. The molecule has 0 aromatic heterocycles. The van der Waals surface area contributed by atoms with Crippen molar-refractivity contribution in [1.29, 1.82) is 0 Å². The number of thiocarbonyl (C=S) groups is 4. The van der Waals surface area contributed by atoms with Gasteiger partial charge in [0.1, 0.15) is 16.5 Å². The molecule has 0 unspecified atom stereocenters. The van der Waals surface area contributed by atoms with Gasteiger partial charge in [0.05, 0.1) is 19.6 Å². The van der Waals surface area contributed by atoms with Gasteiger partial charge >= 0.3 is 12.1 Å². The summed E-state index contributed by atoms with van der Waals surface area (Å²) in [4.78, 5) is 58.7. The van der Waals surface area contributed by atoms with Crippen molar-refractivity contribution in [2.24, 2.45) is 0 Å². The summed E-state index contributed by atoms with van der Waals surface area (Å²) in [7, 11) is 6.83.